The van der Waals surface area contributed by atoms with E-state index in [9.17, 15) is 0 Å². The molecule has 3 aromatic heterocycles. The van der Waals surface area contributed by atoms with Crippen molar-refractivity contribution in [2.75, 3.05) is 0 Å². The number of rotatable bonds is 5. The third-order valence-electron chi connectivity index (χ3n) is 11.4. The van der Waals surface area contributed by atoms with Crippen molar-refractivity contribution in [1.29, 1.82) is 0 Å². The summed E-state index contributed by atoms with van der Waals surface area (Å²) in [4.78, 5) is 16.3. The third-order valence-corrected chi connectivity index (χ3v) is 12.6. The molecule has 58 heavy (non-hydrogen) atoms. The fraction of sp³-hybridized carbons (Fsp3) is 0. The molecule has 0 aliphatic rings. The Morgan fingerprint density at radius 2 is 0.983 bits per heavy atom. The molecular weight excluding hydrogens is 725 g/mol. The van der Waals surface area contributed by atoms with Gasteiger partial charge in [0.1, 0.15) is 0 Å². The van der Waals surface area contributed by atoms with E-state index in [0.717, 1.165) is 55.1 Å². The lowest BCUT2D eigenvalue weighted by molar-refractivity contribution is 1.07. The van der Waals surface area contributed by atoms with Crippen molar-refractivity contribution in [3.05, 3.63) is 194 Å². The van der Waals surface area contributed by atoms with E-state index < -0.39 is 0 Å². The number of hydrogen-bond acceptors (Lipinski definition) is 4. The summed E-state index contributed by atoms with van der Waals surface area (Å²) in [6, 6.07) is 69.2. The minimum Gasteiger partial charge on any atom is -0.308 e. The van der Waals surface area contributed by atoms with E-state index in [0.29, 0.717) is 17.5 Å². The average Bonchev–Trinajstić information content (AvgIpc) is 3.83. The second-order valence-electron chi connectivity index (χ2n) is 14.8. The molecule has 9 aromatic carbocycles. The van der Waals surface area contributed by atoms with Gasteiger partial charge in [0.15, 0.2) is 17.5 Å². The second kappa shape index (κ2) is 13.1. The molecule has 0 radical (unpaired) electrons. The number of nitrogens with zero attached hydrogens (tertiary/aromatic N) is 4. The number of fused-ring (bicyclic) bond motifs is 8. The summed E-state index contributed by atoms with van der Waals surface area (Å²) in [7, 11) is 0. The van der Waals surface area contributed by atoms with Crippen LogP contribution in [0.5, 0.6) is 0 Å². The van der Waals surface area contributed by atoms with Gasteiger partial charge in [-0.1, -0.05) is 158 Å². The summed E-state index contributed by atoms with van der Waals surface area (Å²) < 4.78 is 4.85. The zero-order valence-corrected chi connectivity index (χ0v) is 32.0. The van der Waals surface area contributed by atoms with Crippen molar-refractivity contribution in [3.8, 4) is 51.0 Å². The molecule has 0 saturated heterocycles. The molecule has 0 aliphatic heterocycles. The summed E-state index contributed by atoms with van der Waals surface area (Å²) in [5.74, 6) is 1.90. The Hall–Kier alpha value is -7.47. The maximum Gasteiger partial charge on any atom is 0.166 e. The third kappa shape index (κ3) is 5.18. The van der Waals surface area contributed by atoms with Gasteiger partial charge in [0.05, 0.1) is 22.3 Å². The van der Waals surface area contributed by atoms with Gasteiger partial charge in [-0.3, -0.25) is 0 Å². The number of hydrogen-bond donors (Lipinski definition) is 0. The van der Waals surface area contributed by atoms with E-state index in [1.165, 1.54) is 41.9 Å². The number of thiophene rings is 1. The Morgan fingerprint density at radius 1 is 0.362 bits per heavy atom. The monoisotopic (exact) mass is 756 g/mol. The lowest BCUT2D eigenvalue weighted by atomic mass is 10.0. The molecule has 0 aliphatic carbocycles. The molecule has 0 fully saturated rings. The highest BCUT2D eigenvalue weighted by Gasteiger charge is 2.23. The Kier molecular flexibility index (Phi) is 7.37. The molecule has 0 atom stereocenters. The van der Waals surface area contributed by atoms with Gasteiger partial charge in [-0.15, -0.1) is 11.3 Å². The van der Waals surface area contributed by atoms with Crippen molar-refractivity contribution < 1.29 is 0 Å². The Balaban J connectivity index is 1.17. The van der Waals surface area contributed by atoms with Crippen LogP contribution in [0.25, 0.3) is 115 Å². The molecule has 4 nitrogen and oxygen atoms in total. The van der Waals surface area contributed by atoms with Crippen molar-refractivity contribution in [1.82, 2.24) is 19.5 Å². The van der Waals surface area contributed by atoms with Gasteiger partial charge in [0.25, 0.3) is 0 Å². The van der Waals surface area contributed by atoms with Crippen LogP contribution in [0.2, 0.25) is 0 Å². The summed E-state index contributed by atoms with van der Waals surface area (Å²) in [6.45, 7) is 0. The van der Waals surface area contributed by atoms with Gasteiger partial charge in [-0.25, -0.2) is 15.0 Å². The zero-order chi connectivity index (χ0) is 38.2. The van der Waals surface area contributed by atoms with Crippen molar-refractivity contribution in [3.63, 3.8) is 0 Å². The summed E-state index contributed by atoms with van der Waals surface area (Å²) in [6.07, 6.45) is 0. The van der Waals surface area contributed by atoms with Gasteiger partial charge >= 0.3 is 0 Å². The van der Waals surface area contributed by atoms with Gasteiger partial charge in [-0.05, 0) is 69.1 Å². The van der Waals surface area contributed by atoms with E-state index in [2.05, 4.69) is 193 Å². The number of aromatic nitrogens is 4. The van der Waals surface area contributed by atoms with Crippen LogP contribution in [-0.4, -0.2) is 19.5 Å². The predicted octanol–water partition coefficient (Wildman–Crippen LogP) is 14.3. The van der Waals surface area contributed by atoms with E-state index in [1.54, 1.807) is 11.3 Å². The summed E-state index contributed by atoms with van der Waals surface area (Å²) in [5, 5.41) is 9.39. The summed E-state index contributed by atoms with van der Waals surface area (Å²) >= 11 is 1.80. The first-order valence-corrected chi connectivity index (χ1v) is 20.3. The molecule has 0 N–H and O–H groups in total. The molecule has 12 aromatic rings. The van der Waals surface area contributed by atoms with Crippen LogP contribution in [0, 0.1) is 0 Å². The largest absolute Gasteiger partial charge is 0.308 e. The minimum atomic E-state index is 0.627. The van der Waals surface area contributed by atoms with Crippen LogP contribution < -0.4 is 0 Å². The van der Waals surface area contributed by atoms with Crippen molar-refractivity contribution >= 4 is 74.9 Å². The first kappa shape index (κ1) is 32.7. The second-order valence-corrected chi connectivity index (χ2v) is 15.9. The Bertz CT molecular complexity index is 3560. The molecule has 0 amide bonds. The molecule has 5 heteroatoms. The molecule has 0 saturated carbocycles. The fourth-order valence-corrected chi connectivity index (χ4v) is 9.87. The van der Waals surface area contributed by atoms with Crippen LogP contribution in [0.1, 0.15) is 0 Å². The quantitative estimate of drug-likeness (QED) is 0.176. The Morgan fingerprint density at radius 3 is 1.83 bits per heavy atom. The topological polar surface area (TPSA) is 43.6 Å². The highest BCUT2D eigenvalue weighted by atomic mass is 32.1. The van der Waals surface area contributed by atoms with E-state index in [-0.39, 0.29) is 0 Å². The van der Waals surface area contributed by atoms with Gasteiger partial charge < -0.3 is 4.57 Å². The number of para-hydroxylation sites is 1. The molecule has 0 spiro atoms. The van der Waals surface area contributed by atoms with E-state index in [1.807, 2.05) is 6.07 Å². The average molecular weight is 757 g/mol. The fourth-order valence-electron chi connectivity index (χ4n) is 8.74. The number of benzene rings is 9. The van der Waals surface area contributed by atoms with Crippen LogP contribution in [0.4, 0.5) is 0 Å². The molecule has 0 bridgehead atoms. The molecule has 3 heterocycles. The normalized spacial score (nSPS) is 11.8. The predicted molar refractivity (Wildman–Crippen MR) is 244 cm³/mol. The van der Waals surface area contributed by atoms with Crippen molar-refractivity contribution in [2.45, 2.75) is 0 Å². The van der Waals surface area contributed by atoms with Crippen LogP contribution in [0.15, 0.2) is 194 Å². The maximum atomic E-state index is 5.50. The minimum absolute atomic E-state index is 0.627. The van der Waals surface area contributed by atoms with E-state index in [4.69, 9.17) is 15.0 Å². The van der Waals surface area contributed by atoms with Crippen LogP contribution >= 0.6 is 11.3 Å². The molecule has 0 unspecified atom stereocenters. The van der Waals surface area contributed by atoms with Gasteiger partial charge in [0.2, 0.25) is 0 Å². The van der Waals surface area contributed by atoms with Gasteiger partial charge in [-0.2, -0.15) is 0 Å². The lowest BCUT2D eigenvalue weighted by Crippen LogP contribution is -2.04. The molecule has 270 valence electrons. The molecular formula is C53H32N4S. The standard InChI is InChI=1S/C53H32N4S/c1-2-13-33(14-3-1)34-25-27-36(28-26-34)51-54-52(42-21-12-24-48-49(42)41-20-9-11-23-47(41)58-48)56-53(55-51)50-39-18-7-6-15-35(39)29-30-45(50)57-44-22-10-8-19-40(44)43-31-37-16-4-5-17-38(37)32-46(43)57/h1-32H. The van der Waals surface area contributed by atoms with E-state index >= 15 is 0 Å². The highest BCUT2D eigenvalue weighted by Crippen LogP contribution is 2.43. The first-order valence-electron chi connectivity index (χ1n) is 19.5. The Labute approximate surface area is 338 Å². The first-order chi connectivity index (χ1) is 28.7. The van der Waals surface area contributed by atoms with Crippen molar-refractivity contribution in [2.24, 2.45) is 0 Å². The lowest BCUT2D eigenvalue weighted by Gasteiger charge is -2.17. The maximum absolute atomic E-state index is 5.50. The summed E-state index contributed by atoms with van der Waals surface area (Å²) in [5.41, 5.74) is 8.47. The smallest absolute Gasteiger partial charge is 0.166 e. The zero-order valence-electron chi connectivity index (χ0n) is 31.2. The SMILES string of the molecule is c1ccc(-c2ccc(-c3nc(-c4c(-n5c6ccccc6c6cc7ccccc7cc65)ccc5ccccc45)nc(-c4cccc5sc6ccccc6c45)n3)cc2)cc1. The molecule has 12 rings (SSSR count). The van der Waals surface area contributed by atoms with Gasteiger partial charge in [0, 0.05) is 42.1 Å². The highest BCUT2D eigenvalue weighted by molar-refractivity contribution is 7.25. The van der Waals surface area contributed by atoms with Crippen LogP contribution in [0.3, 0.4) is 0 Å². The van der Waals surface area contributed by atoms with Crippen LogP contribution in [-0.2, 0) is 0 Å².